The van der Waals surface area contributed by atoms with Gasteiger partial charge in [0, 0.05) is 80.6 Å². The van der Waals surface area contributed by atoms with E-state index in [0.29, 0.717) is 73.7 Å². The van der Waals surface area contributed by atoms with Crippen molar-refractivity contribution in [2.75, 3.05) is 39.4 Å². The van der Waals surface area contributed by atoms with Gasteiger partial charge in [0.15, 0.2) is 0 Å². The first-order valence-corrected chi connectivity index (χ1v) is 31.8. The summed E-state index contributed by atoms with van der Waals surface area (Å²) >= 11 is 1.64. The molecule has 0 aliphatic carbocycles. The number of thiazole rings is 1. The lowest BCUT2D eigenvalue weighted by atomic mass is 10.0. The van der Waals surface area contributed by atoms with Crippen molar-refractivity contribution in [3.8, 4) is 22.1 Å². The molecule has 0 radical (unpaired) electrons. The number of nitrogens with one attached hydrogen (secondary N) is 4. The van der Waals surface area contributed by atoms with Crippen molar-refractivity contribution in [3.05, 3.63) is 118 Å². The first-order chi connectivity index (χ1) is 42.5. The van der Waals surface area contributed by atoms with Gasteiger partial charge in [-0.15, -0.1) is 11.3 Å². The van der Waals surface area contributed by atoms with Gasteiger partial charge in [-0.1, -0.05) is 50.2 Å². The summed E-state index contributed by atoms with van der Waals surface area (Å²) in [6.07, 6.45) is 6.91. The van der Waals surface area contributed by atoms with E-state index < -0.39 is 43.8 Å². The number of nitrogens with zero attached hydrogens (tertiary/aromatic N) is 5. The number of H-pyrrole nitrogens is 1. The Kier molecular flexibility index (Phi) is 27.2. The van der Waals surface area contributed by atoms with Gasteiger partial charge in [0.1, 0.15) is 30.4 Å². The monoisotopic (exact) mass is 1270 g/mol. The van der Waals surface area contributed by atoms with Gasteiger partial charge in [0.05, 0.1) is 40.9 Å². The highest BCUT2D eigenvalue weighted by Crippen LogP contribution is 2.32. The number of carbonyl (C=O) groups is 8. The van der Waals surface area contributed by atoms with E-state index in [1.54, 1.807) is 46.3 Å². The van der Waals surface area contributed by atoms with Crippen molar-refractivity contribution >= 4 is 78.5 Å². The van der Waals surface area contributed by atoms with Gasteiger partial charge in [-0.3, -0.25) is 38.4 Å². The molecule has 3 aromatic carbocycles. The lowest BCUT2D eigenvalue weighted by molar-refractivity contribution is -0.133. The fourth-order valence-corrected chi connectivity index (χ4v) is 11.6. The molecule has 9 N–H and O–H groups in total. The molecular weight excluding hydrogens is 1180 g/mol. The van der Waals surface area contributed by atoms with Crippen LogP contribution in [0.5, 0.6) is 11.6 Å². The second-order valence-electron chi connectivity index (χ2n) is 22.6. The molecule has 0 bridgehead atoms. The Morgan fingerprint density at radius 1 is 0.966 bits per heavy atom. The third kappa shape index (κ3) is 21.3. The van der Waals surface area contributed by atoms with Crippen molar-refractivity contribution in [1.82, 2.24) is 45.8 Å². The number of amides is 7. The van der Waals surface area contributed by atoms with Gasteiger partial charge in [-0.05, 0) is 136 Å². The number of aryl methyl sites for hydroxylation is 2. The second kappa shape index (κ2) is 34.6. The lowest BCUT2D eigenvalue weighted by Crippen LogP contribution is -2.50. The average molecular weight is 1270 g/mol. The molecule has 7 amide bonds. The number of primary amides is 1. The molecule has 5 heterocycles. The number of β-amino-alcohol motifs (C(OH)–C–C–N with tert-alkyl or cyclic N) is 1. The molecule has 6 aromatic rings. The zero-order valence-corrected chi connectivity index (χ0v) is 53.1. The quantitative estimate of drug-likeness (QED) is 0.0139. The summed E-state index contributed by atoms with van der Waals surface area (Å²) in [5.74, 6) is 0.0784. The summed E-state index contributed by atoms with van der Waals surface area (Å²) in [6, 6.07) is 19.5. The molecule has 2 aliphatic heterocycles. The maximum Gasteiger partial charge on any atom is 0.267 e. The number of aliphatic hydroxyl groups is 1. The van der Waals surface area contributed by atoms with Crippen LogP contribution in [0.1, 0.15) is 135 Å². The van der Waals surface area contributed by atoms with E-state index in [0.717, 1.165) is 54.6 Å². The highest BCUT2D eigenvalue weighted by atomic mass is 32.1. The summed E-state index contributed by atoms with van der Waals surface area (Å²) in [5.41, 5.74) is 12.7. The molecule has 6 atom stereocenters. The number of hydrogen-bond donors (Lipinski definition) is 8. The standard InChI is InChI=1S/C41H52N7O11P.C13H14N2OS.C9H17NO2/c1-25(43-39(52)34-21-30-20-29(41(54)60(55)56)9-12-33(30)45-34)22-47(27(3)50)17-15-32-11-13-35(48(32)24-49)40(53)44-31(10-14-37(42)51)23-58-36-8-4-6-28(26(36)2)7-5-18-57-38-16-19-59-46-38;1-9(14-7-16)11-3-5-12(6-4-11)13-10(2)15-8-17-13;1-7(2)5-9(12)10-4-3-8(11)6-10/h4,6,8-9,12,16,19-21,24-25,31-32,35,45,55-56H,5,7,10-11,13-15,17-18,22-23H2,1-3H3,(H2,42,51)(H,43,52)(H,44,53);3-9H,1-2H3,(H,14,16);7-8,11H,3-6H2,1-2H3/t25?,31?,32-,35?;9-;/m10./s1. The molecule has 2 fully saturated rings. The minimum Gasteiger partial charge on any atom is -0.491 e. The third-order valence-corrected chi connectivity index (χ3v) is 16.9. The topological polar surface area (TPSA) is 342 Å². The zero-order valence-electron chi connectivity index (χ0n) is 51.4. The minimum atomic E-state index is -2.78. The van der Waals surface area contributed by atoms with Gasteiger partial charge in [-0.25, -0.2) is 4.98 Å². The molecule has 2 aliphatic rings. The number of aromatic nitrogens is 3. The molecule has 3 aromatic heterocycles. The van der Waals surface area contributed by atoms with Crippen molar-refractivity contribution in [2.24, 2.45) is 11.7 Å². The molecule has 26 heteroatoms. The second-order valence-corrected chi connectivity index (χ2v) is 24.5. The average Bonchev–Trinajstić information content (AvgIpc) is 4.61. The Labute approximate surface area is 523 Å². The van der Waals surface area contributed by atoms with Crippen molar-refractivity contribution < 1.29 is 67.2 Å². The predicted octanol–water partition coefficient (Wildman–Crippen LogP) is 6.64. The smallest absolute Gasteiger partial charge is 0.267 e. The van der Waals surface area contributed by atoms with Gasteiger partial charge >= 0.3 is 0 Å². The number of nitrogens with two attached hydrogens (primary N) is 1. The molecule has 0 saturated carbocycles. The highest BCUT2D eigenvalue weighted by molar-refractivity contribution is 7.65. The van der Waals surface area contributed by atoms with Gasteiger partial charge in [-0.2, -0.15) is 0 Å². The van der Waals surface area contributed by atoms with E-state index in [9.17, 15) is 53.2 Å². The molecular formula is C63H83N10O14PS. The highest BCUT2D eigenvalue weighted by Gasteiger charge is 2.38. The Hall–Kier alpha value is -8.09. The molecule has 89 heavy (non-hydrogen) atoms. The number of ether oxygens (including phenoxy) is 2. The van der Waals surface area contributed by atoms with Crippen LogP contribution in [0.25, 0.3) is 21.3 Å². The summed E-state index contributed by atoms with van der Waals surface area (Å²) in [6.45, 7) is 15.4. The summed E-state index contributed by atoms with van der Waals surface area (Å²) in [5, 5.41) is 22.0. The Morgan fingerprint density at radius 3 is 2.36 bits per heavy atom. The largest absolute Gasteiger partial charge is 0.491 e. The van der Waals surface area contributed by atoms with Crippen molar-refractivity contribution in [3.63, 3.8) is 0 Å². The first-order valence-electron chi connectivity index (χ1n) is 29.7. The van der Waals surface area contributed by atoms with Crippen LogP contribution in [0.4, 0.5) is 0 Å². The van der Waals surface area contributed by atoms with Crippen molar-refractivity contribution in [1.29, 1.82) is 0 Å². The predicted molar refractivity (Wildman–Crippen MR) is 336 cm³/mol. The van der Waals surface area contributed by atoms with Gasteiger partial charge < -0.3 is 70.3 Å². The van der Waals surface area contributed by atoms with Crippen LogP contribution >= 0.6 is 19.7 Å². The van der Waals surface area contributed by atoms with Crippen LogP contribution < -0.4 is 31.2 Å². The molecule has 0 spiro atoms. The number of rotatable bonds is 29. The number of hydrogen-bond acceptors (Lipinski definition) is 17. The number of fused-ring (bicyclic) bond motifs is 1. The lowest BCUT2D eigenvalue weighted by Gasteiger charge is -2.30. The fraction of sp³-hybridized carbons (Fsp3) is 0.460. The molecule has 4 unspecified atom stereocenters. The third-order valence-electron chi connectivity index (χ3n) is 15.3. The Balaban J connectivity index is 0.000000351. The molecule has 8 rings (SSSR count). The summed E-state index contributed by atoms with van der Waals surface area (Å²) in [7, 11) is -2.78. The van der Waals surface area contributed by atoms with E-state index >= 15 is 0 Å². The van der Waals surface area contributed by atoms with Crippen LogP contribution in [-0.4, -0.2) is 162 Å². The zero-order chi connectivity index (χ0) is 64.7. The molecule has 480 valence electrons. The van der Waals surface area contributed by atoms with E-state index in [-0.39, 0.29) is 79.7 Å². The number of carbonyl (C=O) groups excluding carboxylic acids is 8. The van der Waals surface area contributed by atoms with Crippen LogP contribution in [0, 0.1) is 19.8 Å². The summed E-state index contributed by atoms with van der Waals surface area (Å²) < 4.78 is 16.5. The van der Waals surface area contributed by atoms with Gasteiger partial charge in [0.2, 0.25) is 50.3 Å². The molecule has 24 nitrogen and oxygen atoms in total. The van der Waals surface area contributed by atoms with Gasteiger partial charge in [0.25, 0.3) is 11.8 Å². The maximum absolute atomic E-state index is 13.7. The van der Waals surface area contributed by atoms with E-state index in [4.69, 9.17) is 19.7 Å². The number of likely N-dealkylation sites (tertiary alicyclic amines) is 2. The SMILES string of the molecule is CC(=O)N(CC[C@H]1CCC(C(=O)NC(CCC(N)=O)COc2cccc(CCCOc3ccon3)c2C)N1C=O)CC(C)NC(=O)c1cc2cc(C(=O)P(O)O)ccc2[nH]1.CC(C)CC(=O)N1CCC(O)C1.Cc1ncsc1-c1ccc([C@H](C)NC=O)cc1. The maximum atomic E-state index is 13.7. The van der Waals surface area contributed by atoms with Crippen LogP contribution in [-0.2, 0) is 35.2 Å². The normalized spacial score (nSPS) is 16.3. The minimum absolute atomic E-state index is 0.0196. The van der Waals surface area contributed by atoms with E-state index in [1.165, 1.54) is 40.7 Å². The molecule has 2 saturated heterocycles. The Bertz CT molecular complexity index is 3300. The van der Waals surface area contributed by atoms with Crippen LogP contribution in [0.3, 0.4) is 0 Å². The van der Waals surface area contributed by atoms with Crippen LogP contribution in [0.15, 0.2) is 89.1 Å². The van der Waals surface area contributed by atoms with Crippen LogP contribution in [0.2, 0.25) is 0 Å². The van der Waals surface area contributed by atoms with E-state index in [1.807, 2.05) is 70.5 Å². The number of aliphatic hydroxyl groups excluding tert-OH is 1. The van der Waals surface area contributed by atoms with E-state index in [2.05, 4.69) is 43.2 Å². The fourth-order valence-electron chi connectivity index (χ4n) is 10.4. The van der Waals surface area contributed by atoms with Crippen molar-refractivity contribution in [2.45, 2.75) is 143 Å². The number of benzene rings is 3. The summed E-state index contributed by atoms with van der Waals surface area (Å²) in [4.78, 5) is 129. The Morgan fingerprint density at radius 2 is 1.73 bits per heavy atom. The number of aromatic amines is 1. The first kappa shape index (κ1) is 70.0.